The number of aliphatic carboxylic acids is 1. The minimum absolute atomic E-state index is 0.114. The van der Waals surface area contributed by atoms with E-state index >= 15 is 0 Å². The fourth-order valence-electron chi connectivity index (χ4n) is 3.59. The fraction of sp³-hybridized carbons (Fsp3) is 0.381. The number of methoxy groups -OCH3 is 2. The van der Waals surface area contributed by atoms with Crippen molar-refractivity contribution in [1.82, 2.24) is 9.88 Å². The second kappa shape index (κ2) is 8.29. The maximum absolute atomic E-state index is 13.0. The van der Waals surface area contributed by atoms with E-state index in [1.54, 1.807) is 24.3 Å². The largest absolute Gasteiger partial charge is 0.493 e. The van der Waals surface area contributed by atoms with E-state index in [-0.39, 0.29) is 18.7 Å². The number of aryl methyl sites for hydroxylation is 1. The van der Waals surface area contributed by atoms with E-state index in [9.17, 15) is 14.7 Å². The van der Waals surface area contributed by atoms with Gasteiger partial charge in [-0.25, -0.2) is 0 Å². The molecule has 1 amide bonds. The van der Waals surface area contributed by atoms with Crippen molar-refractivity contribution in [2.24, 2.45) is 0 Å². The highest BCUT2D eigenvalue weighted by Gasteiger charge is 2.33. The van der Waals surface area contributed by atoms with Crippen molar-refractivity contribution in [1.29, 1.82) is 0 Å². The SMILES string of the molecule is COc1cc2c(cc1OC)C(CC(=O)O)N(C(=O)Cc1ccc(C)nc1)CC2. The third kappa shape index (κ3) is 4.08. The van der Waals surface area contributed by atoms with Gasteiger partial charge >= 0.3 is 5.97 Å². The number of hydrogen-bond donors (Lipinski definition) is 1. The summed E-state index contributed by atoms with van der Waals surface area (Å²) in [6, 6.07) is 6.84. The van der Waals surface area contributed by atoms with Crippen LogP contribution in [0.5, 0.6) is 11.5 Å². The van der Waals surface area contributed by atoms with E-state index in [2.05, 4.69) is 4.98 Å². The van der Waals surface area contributed by atoms with Crippen LogP contribution in [0.15, 0.2) is 30.5 Å². The van der Waals surface area contributed by atoms with E-state index in [0.717, 1.165) is 22.4 Å². The predicted octanol–water partition coefficient (Wildman–Crippen LogP) is 2.55. The summed E-state index contributed by atoms with van der Waals surface area (Å²) in [7, 11) is 3.10. The highest BCUT2D eigenvalue weighted by Crippen LogP contribution is 2.39. The molecule has 0 saturated heterocycles. The molecule has 7 heteroatoms. The first-order chi connectivity index (χ1) is 13.4. The van der Waals surface area contributed by atoms with E-state index in [1.165, 1.54) is 7.11 Å². The molecule has 28 heavy (non-hydrogen) atoms. The van der Waals surface area contributed by atoms with Gasteiger partial charge in [-0.2, -0.15) is 0 Å². The monoisotopic (exact) mass is 384 g/mol. The van der Waals surface area contributed by atoms with Crippen molar-refractivity contribution < 1.29 is 24.2 Å². The lowest BCUT2D eigenvalue weighted by molar-refractivity contribution is -0.141. The Kier molecular flexibility index (Phi) is 5.82. The van der Waals surface area contributed by atoms with Gasteiger partial charge in [-0.05, 0) is 48.2 Å². The number of pyridine rings is 1. The lowest BCUT2D eigenvalue weighted by atomic mass is 9.89. The lowest BCUT2D eigenvalue weighted by Crippen LogP contribution is -2.41. The Bertz CT molecular complexity index is 879. The zero-order valence-corrected chi connectivity index (χ0v) is 16.3. The molecular formula is C21H24N2O5. The highest BCUT2D eigenvalue weighted by atomic mass is 16.5. The Balaban J connectivity index is 1.92. The molecule has 0 fully saturated rings. The number of nitrogens with zero attached hydrogens (tertiary/aromatic N) is 2. The molecule has 148 valence electrons. The second-order valence-corrected chi connectivity index (χ2v) is 6.84. The summed E-state index contributed by atoms with van der Waals surface area (Å²) >= 11 is 0. The Labute approximate surface area is 163 Å². The molecule has 1 aromatic carbocycles. The number of carbonyl (C=O) groups is 2. The molecule has 3 rings (SSSR count). The van der Waals surface area contributed by atoms with Crippen LogP contribution in [-0.2, 0) is 22.4 Å². The first-order valence-electron chi connectivity index (χ1n) is 9.10. The van der Waals surface area contributed by atoms with Gasteiger partial charge in [0.2, 0.25) is 5.91 Å². The van der Waals surface area contributed by atoms with Crippen LogP contribution in [-0.4, -0.2) is 47.6 Å². The molecule has 1 unspecified atom stereocenters. The molecule has 2 aromatic rings. The van der Waals surface area contributed by atoms with Crippen molar-refractivity contribution in [3.8, 4) is 11.5 Å². The molecule has 0 saturated carbocycles. The number of ether oxygens (including phenoxy) is 2. The van der Waals surface area contributed by atoms with Gasteiger partial charge in [-0.3, -0.25) is 14.6 Å². The fourth-order valence-corrected chi connectivity index (χ4v) is 3.59. The average molecular weight is 384 g/mol. The highest BCUT2D eigenvalue weighted by molar-refractivity contribution is 5.80. The van der Waals surface area contributed by atoms with Crippen LogP contribution in [0.3, 0.4) is 0 Å². The molecule has 1 aliphatic rings. The maximum atomic E-state index is 13.0. The molecule has 0 aliphatic carbocycles. The third-order valence-corrected chi connectivity index (χ3v) is 5.02. The van der Waals surface area contributed by atoms with Crippen LogP contribution in [0.25, 0.3) is 0 Å². The van der Waals surface area contributed by atoms with Crippen LogP contribution < -0.4 is 9.47 Å². The van der Waals surface area contributed by atoms with Crippen LogP contribution in [0, 0.1) is 6.92 Å². The summed E-state index contributed by atoms with van der Waals surface area (Å²) in [6.45, 7) is 2.34. The summed E-state index contributed by atoms with van der Waals surface area (Å²) in [6.07, 6.45) is 2.33. The summed E-state index contributed by atoms with van der Waals surface area (Å²) < 4.78 is 10.7. The summed E-state index contributed by atoms with van der Waals surface area (Å²) in [5.74, 6) is 0.0503. The van der Waals surface area contributed by atoms with E-state index in [0.29, 0.717) is 24.5 Å². The zero-order chi connectivity index (χ0) is 20.3. The van der Waals surface area contributed by atoms with Crippen molar-refractivity contribution in [3.63, 3.8) is 0 Å². The van der Waals surface area contributed by atoms with Crippen molar-refractivity contribution in [2.75, 3.05) is 20.8 Å². The zero-order valence-electron chi connectivity index (χ0n) is 16.3. The molecular weight excluding hydrogens is 360 g/mol. The van der Waals surface area contributed by atoms with Gasteiger partial charge in [-0.1, -0.05) is 6.07 Å². The topological polar surface area (TPSA) is 89.0 Å². The number of carboxylic acid groups (broad SMARTS) is 1. The minimum atomic E-state index is -0.956. The number of benzene rings is 1. The van der Waals surface area contributed by atoms with Crippen LogP contribution >= 0.6 is 0 Å². The Morgan fingerprint density at radius 3 is 2.54 bits per heavy atom. The van der Waals surface area contributed by atoms with E-state index < -0.39 is 12.0 Å². The average Bonchev–Trinajstić information content (AvgIpc) is 2.68. The van der Waals surface area contributed by atoms with Gasteiger partial charge in [0.1, 0.15) is 0 Å². The molecule has 0 radical (unpaired) electrons. The predicted molar refractivity (Wildman–Crippen MR) is 103 cm³/mol. The van der Waals surface area contributed by atoms with Crippen molar-refractivity contribution in [2.45, 2.75) is 32.2 Å². The minimum Gasteiger partial charge on any atom is -0.493 e. The molecule has 1 aromatic heterocycles. The Morgan fingerprint density at radius 2 is 1.93 bits per heavy atom. The molecule has 2 heterocycles. The number of aromatic nitrogens is 1. The van der Waals surface area contributed by atoms with Gasteiger partial charge in [0, 0.05) is 18.4 Å². The first-order valence-corrected chi connectivity index (χ1v) is 9.10. The summed E-state index contributed by atoms with van der Waals surface area (Å²) in [4.78, 5) is 30.4. The standard InChI is InChI=1S/C21H24N2O5/c1-13-4-5-14(12-22-13)8-20(24)23-7-6-15-9-18(27-2)19(28-3)10-16(15)17(23)11-21(25)26/h4-5,9-10,12,17H,6-8,11H2,1-3H3,(H,25,26). The number of fused-ring (bicyclic) bond motifs is 1. The molecule has 1 N–H and O–H groups in total. The van der Waals surface area contributed by atoms with E-state index in [1.807, 2.05) is 25.1 Å². The molecule has 7 nitrogen and oxygen atoms in total. The van der Waals surface area contributed by atoms with Gasteiger partial charge < -0.3 is 19.5 Å². The lowest BCUT2D eigenvalue weighted by Gasteiger charge is -2.37. The smallest absolute Gasteiger partial charge is 0.305 e. The molecule has 1 atom stereocenters. The van der Waals surface area contributed by atoms with Gasteiger partial charge in [-0.15, -0.1) is 0 Å². The third-order valence-electron chi connectivity index (χ3n) is 5.02. The number of carboxylic acids is 1. The number of amides is 1. The Hall–Kier alpha value is -3.09. The molecule has 1 aliphatic heterocycles. The van der Waals surface area contributed by atoms with Crippen LogP contribution in [0.1, 0.15) is 34.8 Å². The number of carbonyl (C=O) groups excluding carboxylic acids is 1. The summed E-state index contributed by atoms with van der Waals surface area (Å²) in [5.41, 5.74) is 3.46. The Morgan fingerprint density at radius 1 is 1.21 bits per heavy atom. The van der Waals surface area contributed by atoms with Crippen molar-refractivity contribution in [3.05, 3.63) is 52.8 Å². The van der Waals surface area contributed by atoms with Gasteiger partial charge in [0.15, 0.2) is 11.5 Å². The quantitative estimate of drug-likeness (QED) is 0.823. The number of rotatable bonds is 6. The maximum Gasteiger partial charge on any atom is 0.305 e. The van der Waals surface area contributed by atoms with Crippen LogP contribution in [0.2, 0.25) is 0 Å². The molecule has 0 spiro atoms. The first kappa shape index (κ1) is 19.7. The molecule has 0 bridgehead atoms. The van der Waals surface area contributed by atoms with Crippen molar-refractivity contribution >= 4 is 11.9 Å². The van der Waals surface area contributed by atoms with Crippen LogP contribution in [0.4, 0.5) is 0 Å². The summed E-state index contributed by atoms with van der Waals surface area (Å²) in [5, 5.41) is 9.43. The van der Waals surface area contributed by atoms with E-state index in [4.69, 9.17) is 9.47 Å². The van der Waals surface area contributed by atoms with Gasteiger partial charge in [0.05, 0.1) is 33.1 Å². The normalized spacial score (nSPS) is 15.7. The number of hydrogen-bond acceptors (Lipinski definition) is 5. The van der Waals surface area contributed by atoms with Gasteiger partial charge in [0.25, 0.3) is 0 Å². The second-order valence-electron chi connectivity index (χ2n) is 6.84.